The minimum Gasteiger partial charge on any atom is -0.378 e. The van der Waals surface area contributed by atoms with E-state index in [1.165, 1.54) is 17.2 Å². The molecule has 1 heterocycles. The average Bonchev–Trinajstić information content (AvgIpc) is 2.96. The minimum absolute atomic E-state index is 0.123. The molecule has 0 saturated heterocycles. The number of thiophene rings is 1. The molecule has 1 aliphatic carbocycles. The Hall–Kier alpha value is -1.04. The third-order valence-corrected chi connectivity index (χ3v) is 6.00. The molecule has 0 unspecified atom stereocenters. The van der Waals surface area contributed by atoms with Crippen molar-refractivity contribution in [3.63, 3.8) is 0 Å². The lowest BCUT2D eigenvalue weighted by Gasteiger charge is -2.07. The van der Waals surface area contributed by atoms with Gasteiger partial charge in [-0.25, -0.2) is 0 Å². The Morgan fingerprint density at radius 3 is 2.63 bits per heavy atom. The molecule has 1 aromatic heterocycles. The first-order chi connectivity index (χ1) is 9.04. The molecule has 0 spiro atoms. The number of aryl methyl sites for hydroxylation is 2. The third-order valence-electron chi connectivity index (χ3n) is 3.07. The molecule has 0 bridgehead atoms. The van der Waals surface area contributed by atoms with Crippen LogP contribution in [0.3, 0.4) is 0 Å². The van der Waals surface area contributed by atoms with E-state index in [4.69, 9.17) is 15.8 Å². The van der Waals surface area contributed by atoms with Crippen LogP contribution in [0.25, 0.3) is 0 Å². The van der Waals surface area contributed by atoms with E-state index in [-0.39, 0.29) is 4.21 Å². The fraction of sp³-hybridized carbons (Fsp3) is 0.231. The van der Waals surface area contributed by atoms with Crippen LogP contribution in [0, 0.1) is 0 Å². The Morgan fingerprint density at radius 2 is 1.89 bits per heavy atom. The Kier molecular flexibility index (Phi) is 3.28. The smallest absolute Gasteiger partial charge is 0.348 e. The van der Waals surface area contributed by atoms with Crippen LogP contribution in [0.4, 0.5) is 0 Å². The van der Waals surface area contributed by atoms with Crippen LogP contribution < -0.4 is 4.18 Å². The van der Waals surface area contributed by atoms with Crippen LogP contribution in [-0.2, 0) is 23.0 Å². The Labute approximate surface area is 120 Å². The van der Waals surface area contributed by atoms with E-state index < -0.39 is 10.1 Å². The molecule has 0 saturated carbocycles. The highest BCUT2D eigenvalue weighted by molar-refractivity contribution is 7.89. The van der Waals surface area contributed by atoms with Crippen molar-refractivity contribution in [2.45, 2.75) is 23.5 Å². The maximum absolute atomic E-state index is 12.0. The van der Waals surface area contributed by atoms with Gasteiger partial charge in [0.05, 0.1) is 4.34 Å². The summed E-state index contributed by atoms with van der Waals surface area (Å²) in [6.07, 6.45) is 3.16. The highest BCUT2D eigenvalue weighted by Crippen LogP contribution is 2.30. The van der Waals surface area contributed by atoms with E-state index in [2.05, 4.69) is 0 Å². The number of halogens is 1. The summed E-state index contributed by atoms with van der Waals surface area (Å²) in [5, 5.41) is 0. The second kappa shape index (κ2) is 4.81. The summed E-state index contributed by atoms with van der Waals surface area (Å²) in [5.41, 5.74) is 2.46. The summed E-state index contributed by atoms with van der Waals surface area (Å²) in [4.78, 5) is 0. The fourth-order valence-corrected chi connectivity index (χ4v) is 4.57. The molecule has 2 aromatic rings. The average molecular weight is 315 g/mol. The Bertz CT molecular complexity index is 719. The molecule has 19 heavy (non-hydrogen) atoms. The summed E-state index contributed by atoms with van der Waals surface area (Å²) in [5.74, 6) is 0.366. The van der Waals surface area contributed by atoms with Gasteiger partial charge < -0.3 is 4.18 Å². The predicted octanol–water partition coefficient (Wildman–Crippen LogP) is 3.66. The Balaban J connectivity index is 1.89. The summed E-state index contributed by atoms with van der Waals surface area (Å²) in [7, 11) is -3.78. The first kappa shape index (κ1) is 13.0. The SMILES string of the molecule is O=S(=O)(Oc1ccc2c(c1)CCC2)c1ccc(Cl)s1. The highest BCUT2D eigenvalue weighted by atomic mass is 35.5. The number of fused-ring (bicyclic) bond motifs is 1. The molecule has 0 N–H and O–H groups in total. The molecule has 1 aromatic carbocycles. The van der Waals surface area contributed by atoms with E-state index in [0.29, 0.717) is 10.1 Å². The quantitative estimate of drug-likeness (QED) is 0.812. The van der Waals surface area contributed by atoms with Crippen LogP contribution in [0.15, 0.2) is 34.5 Å². The van der Waals surface area contributed by atoms with Crippen LogP contribution in [-0.4, -0.2) is 8.42 Å². The summed E-state index contributed by atoms with van der Waals surface area (Å²) >= 11 is 6.74. The van der Waals surface area contributed by atoms with Crippen molar-refractivity contribution >= 4 is 33.1 Å². The number of rotatable bonds is 3. The molecule has 0 radical (unpaired) electrons. The fourth-order valence-electron chi connectivity index (χ4n) is 2.20. The minimum atomic E-state index is -3.78. The van der Waals surface area contributed by atoms with E-state index in [1.54, 1.807) is 12.1 Å². The highest BCUT2D eigenvalue weighted by Gasteiger charge is 2.20. The predicted molar refractivity (Wildman–Crippen MR) is 75.6 cm³/mol. The van der Waals surface area contributed by atoms with Crippen molar-refractivity contribution in [1.29, 1.82) is 0 Å². The van der Waals surface area contributed by atoms with E-state index in [0.717, 1.165) is 30.6 Å². The zero-order valence-electron chi connectivity index (χ0n) is 9.93. The molecular weight excluding hydrogens is 304 g/mol. The molecule has 0 amide bonds. The standard InChI is InChI=1S/C13H11ClO3S2/c14-12-6-7-13(18-12)19(15,16)17-11-5-4-9-2-1-3-10(9)8-11/h4-8H,1-3H2. The van der Waals surface area contributed by atoms with Gasteiger partial charge in [0.25, 0.3) is 0 Å². The summed E-state index contributed by atoms with van der Waals surface area (Å²) < 4.78 is 29.8. The van der Waals surface area contributed by atoms with Gasteiger partial charge in [-0.15, -0.1) is 11.3 Å². The largest absolute Gasteiger partial charge is 0.378 e. The van der Waals surface area contributed by atoms with E-state index >= 15 is 0 Å². The van der Waals surface area contributed by atoms with Crippen molar-refractivity contribution < 1.29 is 12.6 Å². The van der Waals surface area contributed by atoms with Gasteiger partial charge in [0.2, 0.25) is 0 Å². The van der Waals surface area contributed by atoms with Crippen LogP contribution in [0.5, 0.6) is 5.75 Å². The van der Waals surface area contributed by atoms with Gasteiger partial charge in [-0.2, -0.15) is 8.42 Å². The second-order valence-electron chi connectivity index (χ2n) is 4.38. The number of benzene rings is 1. The monoisotopic (exact) mass is 314 g/mol. The first-order valence-electron chi connectivity index (χ1n) is 5.86. The molecule has 3 rings (SSSR count). The molecule has 0 atom stereocenters. The maximum Gasteiger partial charge on any atom is 0.348 e. The zero-order valence-corrected chi connectivity index (χ0v) is 12.3. The van der Waals surface area contributed by atoms with Crippen LogP contribution in [0.2, 0.25) is 4.34 Å². The van der Waals surface area contributed by atoms with Crippen molar-refractivity contribution in [3.8, 4) is 5.75 Å². The number of hydrogen-bond donors (Lipinski definition) is 0. The third kappa shape index (κ3) is 2.63. The molecule has 3 nitrogen and oxygen atoms in total. The van der Waals surface area contributed by atoms with E-state index in [9.17, 15) is 8.42 Å². The lowest BCUT2D eigenvalue weighted by Crippen LogP contribution is -2.08. The normalized spacial score (nSPS) is 14.4. The first-order valence-corrected chi connectivity index (χ1v) is 8.46. The van der Waals surface area contributed by atoms with Crippen molar-refractivity contribution in [1.82, 2.24) is 0 Å². The lowest BCUT2D eigenvalue weighted by molar-refractivity contribution is 0.488. The van der Waals surface area contributed by atoms with Gasteiger partial charge in [0, 0.05) is 0 Å². The van der Waals surface area contributed by atoms with Gasteiger partial charge in [-0.05, 0) is 54.7 Å². The van der Waals surface area contributed by atoms with Crippen LogP contribution >= 0.6 is 22.9 Å². The topological polar surface area (TPSA) is 43.4 Å². The second-order valence-corrected chi connectivity index (χ2v) is 7.87. The number of hydrogen-bond acceptors (Lipinski definition) is 4. The summed E-state index contributed by atoms with van der Waals surface area (Å²) in [6.45, 7) is 0. The van der Waals surface area contributed by atoms with Gasteiger partial charge >= 0.3 is 10.1 Å². The maximum atomic E-state index is 12.0. The van der Waals surface area contributed by atoms with E-state index in [1.807, 2.05) is 12.1 Å². The lowest BCUT2D eigenvalue weighted by atomic mass is 10.1. The zero-order chi connectivity index (χ0) is 13.5. The van der Waals surface area contributed by atoms with Crippen molar-refractivity contribution in [2.24, 2.45) is 0 Å². The Morgan fingerprint density at radius 1 is 1.11 bits per heavy atom. The van der Waals surface area contributed by atoms with Crippen molar-refractivity contribution in [2.75, 3.05) is 0 Å². The van der Waals surface area contributed by atoms with Gasteiger partial charge in [0.1, 0.15) is 5.75 Å². The molecule has 100 valence electrons. The van der Waals surface area contributed by atoms with Crippen LogP contribution in [0.1, 0.15) is 17.5 Å². The summed E-state index contributed by atoms with van der Waals surface area (Å²) in [6, 6.07) is 8.46. The molecule has 0 aliphatic heterocycles. The molecule has 1 aliphatic rings. The van der Waals surface area contributed by atoms with Gasteiger partial charge in [0.15, 0.2) is 4.21 Å². The van der Waals surface area contributed by atoms with Crippen molar-refractivity contribution in [3.05, 3.63) is 45.8 Å². The molecular formula is C13H11ClO3S2. The molecule has 0 fully saturated rings. The molecule has 6 heteroatoms. The van der Waals surface area contributed by atoms with Gasteiger partial charge in [-0.1, -0.05) is 17.7 Å². The van der Waals surface area contributed by atoms with Gasteiger partial charge in [-0.3, -0.25) is 0 Å².